The van der Waals surface area contributed by atoms with Gasteiger partial charge in [0.15, 0.2) is 0 Å². The maximum Gasteiger partial charge on any atom is 0.263 e. The lowest BCUT2D eigenvalue weighted by atomic mass is 10.0. The van der Waals surface area contributed by atoms with Crippen LogP contribution in [0.4, 0.5) is 0 Å². The summed E-state index contributed by atoms with van der Waals surface area (Å²) in [6.07, 6.45) is 0. The summed E-state index contributed by atoms with van der Waals surface area (Å²) in [4.78, 5) is 14.3. The van der Waals surface area contributed by atoms with Gasteiger partial charge in [0.1, 0.15) is 4.88 Å². The van der Waals surface area contributed by atoms with Crippen LogP contribution in [-0.4, -0.2) is 12.5 Å². The maximum atomic E-state index is 12.5. The third-order valence-electron chi connectivity index (χ3n) is 3.00. The molecule has 0 aliphatic rings. The van der Waals surface area contributed by atoms with Gasteiger partial charge in [0, 0.05) is 10.4 Å². The molecular weight excluding hydrogens is 300 g/mol. The van der Waals surface area contributed by atoms with Gasteiger partial charge in [-0.05, 0) is 28.8 Å². The third kappa shape index (κ3) is 3.94. The average Bonchev–Trinajstić information content (AvgIpc) is 3.12. The lowest BCUT2D eigenvalue weighted by Crippen LogP contribution is -2.31. The monoisotopic (exact) mass is 318 g/mol. The van der Waals surface area contributed by atoms with Crippen LogP contribution in [-0.2, 0) is 0 Å². The van der Waals surface area contributed by atoms with Crippen LogP contribution < -0.4 is 11.1 Å². The van der Waals surface area contributed by atoms with Crippen LogP contribution in [0.3, 0.4) is 0 Å². The van der Waals surface area contributed by atoms with E-state index in [1.54, 1.807) is 11.3 Å². The van der Waals surface area contributed by atoms with E-state index < -0.39 is 0 Å². The normalized spacial score (nSPS) is 11.8. The van der Waals surface area contributed by atoms with Crippen LogP contribution in [0, 0.1) is 17.8 Å². The Morgan fingerprint density at radius 3 is 2.76 bits per heavy atom. The topological polar surface area (TPSA) is 55.1 Å². The molecule has 0 radical (unpaired) electrons. The van der Waals surface area contributed by atoms with Gasteiger partial charge in [-0.1, -0.05) is 31.8 Å². The largest absolute Gasteiger partial charge is 0.343 e. The first-order valence-electron chi connectivity index (χ1n) is 6.74. The number of rotatable bonds is 4. The SMILES string of the molecule is CC(C)C(NC(=O)c1sccc1C#CCN)c1cccs1. The second-order valence-electron chi connectivity index (χ2n) is 4.88. The molecule has 5 heteroatoms. The van der Waals surface area contributed by atoms with Crippen molar-refractivity contribution in [2.45, 2.75) is 19.9 Å². The molecule has 0 saturated heterocycles. The molecule has 1 unspecified atom stereocenters. The maximum absolute atomic E-state index is 12.5. The van der Waals surface area contributed by atoms with Crippen molar-refractivity contribution in [2.75, 3.05) is 6.54 Å². The minimum absolute atomic E-state index is 0.0231. The summed E-state index contributed by atoms with van der Waals surface area (Å²) < 4.78 is 0. The van der Waals surface area contributed by atoms with Crippen molar-refractivity contribution in [3.05, 3.63) is 44.3 Å². The molecule has 3 nitrogen and oxygen atoms in total. The predicted molar refractivity (Wildman–Crippen MR) is 89.6 cm³/mol. The van der Waals surface area contributed by atoms with E-state index in [1.807, 2.05) is 22.9 Å². The van der Waals surface area contributed by atoms with Gasteiger partial charge in [-0.3, -0.25) is 4.79 Å². The number of carbonyl (C=O) groups excluding carboxylic acids is 1. The molecule has 0 fully saturated rings. The first kappa shape index (κ1) is 15.8. The van der Waals surface area contributed by atoms with E-state index in [1.165, 1.54) is 16.2 Å². The van der Waals surface area contributed by atoms with Crippen LogP contribution in [0.25, 0.3) is 0 Å². The molecule has 3 N–H and O–H groups in total. The van der Waals surface area contributed by atoms with Crippen molar-refractivity contribution >= 4 is 28.6 Å². The van der Waals surface area contributed by atoms with Gasteiger partial charge < -0.3 is 11.1 Å². The zero-order chi connectivity index (χ0) is 15.2. The Morgan fingerprint density at radius 2 is 2.14 bits per heavy atom. The Labute approximate surface area is 133 Å². The van der Waals surface area contributed by atoms with Gasteiger partial charge in [0.2, 0.25) is 0 Å². The molecule has 0 aliphatic heterocycles. The van der Waals surface area contributed by atoms with Gasteiger partial charge in [0.05, 0.1) is 12.6 Å². The first-order valence-corrected chi connectivity index (χ1v) is 8.50. The number of carbonyl (C=O) groups is 1. The zero-order valence-corrected chi connectivity index (χ0v) is 13.7. The fraction of sp³-hybridized carbons (Fsp3) is 0.312. The van der Waals surface area contributed by atoms with Crippen LogP contribution in [0.2, 0.25) is 0 Å². The molecule has 0 aromatic carbocycles. The Kier molecular flexibility index (Phi) is 5.57. The van der Waals surface area contributed by atoms with Crippen molar-refractivity contribution in [3.63, 3.8) is 0 Å². The smallest absolute Gasteiger partial charge is 0.263 e. The van der Waals surface area contributed by atoms with Crippen LogP contribution in [0.15, 0.2) is 29.0 Å². The number of amides is 1. The number of thiophene rings is 2. The first-order chi connectivity index (χ1) is 10.1. The Hall–Kier alpha value is -1.61. The molecule has 0 bridgehead atoms. The number of hydrogen-bond donors (Lipinski definition) is 2. The summed E-state index contributed by atoms with van der Waals surface area (Å²) >= 11 is 3.07. The lowest BCUT2D eigenvalue weighted by Gasteiger charge is -2.21. The summed E-state index contributed by atoms with van der Waals surface area (Å²) in [6, 6.07) is 5.94. The third-order valence-corrected chi connectivity index (χ3v) is 4.87. The molecule has 2 heterocycles. The number of nitrogens with one attached hydrogen (secondary N) is 1. The summed E-state index contributed by atoms with van der Waals surface area (Å²) in [5.74, 6) is 6.00. The fourth-order valence-corrected chi connectivity index (χ4v) is 3.67. The highest BCUT2D eigenvalue weighted by molar-refractivity contribution is 7.12. The van der Waals surface area contributed by atoms with E-state index in [4.69, 9.17) is 5.73 Å². The molecule has 0 saturated carbocycles. The van der Waals surface area contributed by atoms with Gasteiger partial charge in [-0.2, -0.15) is 0 Å². The van der Waals surface area contributed by atoms with E-state index in [9.17, 15) is 4.79 Å². The zero-order valence-electron chi connectivity index (χ0n) is 12.1. The van der Waals surface area contributed by atoms with E-state index in [-0.39, 0.29) is 11.9 Å². The standard InChI is InChI=1S/C16H18N2OS2/c1-11(2)14(13-6-4-9-20-13)18-16(19)15-12(5-3-8-17)7-10-21-15/h4,6-7,9-11,14H,8,17H2,1-2H3,(H,18,19). The average molecular weight is 318 g/mol. The van der Waals surface area contributed by atoms with Crippen LogP contribution in [0.1, 0.15) is 40.0 Å². The van der Waals surface area contributed by atoms with E-state index in [0.717, 1.165) is 5.56 Å². The predicted octanol–water partition coefficient (Wildman–Crippen LogP) is 3.25. The van der Waals surface area contributed by atoms with Crippen molar-refractivity contribution in [1.82, 2.24) is 5.32 Å². The van der Waals surface area contributed by atoms with Crippen LogP contribution >= 0.6 is 22.7 Å². The lowest BCUT2D eigenvalue weighted by molar-refractivity contribution is 0.0930. The van der Waals surface area contributed by atoms with Crippen molar-refractivity contribution in [1.29, 1.82) is 0 Å². The minimum atomic E-state index is -0.0709. The van der Waals surface area contributed by atoms with Crippen molar-refractivity contribution < 1.29 is 4.79 Å². The number of hydrogen-bond acceptors (Lipinski definition) is 4. The van der Waals surface area contributed by atoms with Gasteiger partial charge >= 0.3 is 0 Å². The van der Waals surface area contributed by atoms with Gasteiger partial charge in [0.25, 0.3) is 5.91 Å². The molecule has 2 aromatic heterocycles. The van der Waals surface area contributed by atoms with Crippen molar-refractivity contribution in [3.8, 4) is 11.8 Å². The van der Waals surface area contributed by atoms with Crippen LogP contribution in [0.5, 0.6) is 0 Å². The Morgan fingerprint density at radius 1 is 1.33 bits per heavy atom. The summed E-state index contributed by atoms with van der Waals surface area (Å²) in [6.45, 7) is 4.50. The van der Waals surface area contributed by atoms with E-state index in [0.29, 0.717) is 17.3 Å². The molecule has 0 spiro atoms. The minimum Gasteiger partial charge on any atom is -0.343 e. The molecular formula is C16H18N2OS2. The summed E-state index contributed by atoms with van der Waals surface area (Å²) in [5, 5.41) is 7.03. The van der Waals surface area contributed by atoms with Gasteiger partial charge in [-0.25, -0.2) is 0 Å². The Bertz CT molecular complexity index is 647. The molecule has 2 aromatic rings. The Balaban J connectivity index is 2.18. The quantitative estimate of drug-likeness (QED) is 0.850. The highest BCUT2D eigenvalue weighted by Crippen LogP contribution is 2.27. The fourth-order valence-electron chi connectivity index (χ4n) is 1.97. The van der Waals surface area contributed by atoms with Gasteiger partial charge in [-0.15, -0.1) is 22.7 Å². The molecule has 0 aliphatic carbocycles. The highest BCUT2D eigenvalue weighted by atomic mass is 32.1. The second-order valence-corrected chi connectivity index (χ2v) is 6.78. The molecule has 1 atom stereocenters. The number of nitrogens with two attached hydrogens (primary N) is 1. The molecule has 110 valence electrons. The van der Waals surface area contributed by atoms with E-state index in [2.05, 4.69) is 37.1 Å². The second kappa shape index (κ2) is 7.41. The highest BCUT2D eigenvalue weighted by Gasteiger charge is 2.21. The van der Waals surface area contributed by atoms with Crippen molar-refractivity contribution in [2.24, 2.45) is 11.7 Å². The molecule has 2 rings (SSSR count). The molecule has 1 amide bonds. The molecule has 21 heavy (non-hydrogen) atoms. The summed E-state index contributed by atoms with van der Waals surface area (Å²) in [5.41, 5.74) is 6.13. The van der Waals surface area contributed by atoms with E-state index >= 15 is 0 Å². The summed E-state index contributed by atoms with van der Waals surface area (Å²) in [7, 11) is 0.